The molecule has 0 spiro atoms. The molecule has 0 amide bonds. The van der Waals surface area contributed by atoms with Crippen molar-refractivity contribution < 1.29 is 9.66 Å². The number of nitro benzene ring substituents is 1. The van der Waals surface area contributed by atoms with E-state index in [0.717, 1.165) is 10.7 Å². The molecule has 7 heteroatoms. The molecular formula is C13H13BrN2O3S. The van der Waals surface area contributed by atoms with Crippen molar-refractivity contribution in [3.63, 3.8) is 0 Å². The molecule has 0 N–H and O–H groups in total. The Balaban J connectivity index is 2.09. The second kappa shape index (κ2) is 6.32. The minimum absolute atomic E-state index is 0.00403. The quantitative estimate of drug-likeness (QED) is 0.583. The fourth-order valence-corrected chi connectivity index (χ4v) is 2.70. The van der Waals surface area contributed by atoms with E-state index in [1.54, 1.807) is 17.4 Å². The van der Waals surface area contributed by atoms with Crippen LogP contribution >= 0.6 is 27.3 Å². The summed E-state index contributed by atoms with van der Waals surface area (Å²) < 4.78 is 6.28. The Bertz CT molecular complexity index is 628. The summed E-state index contributed by atoms with van der Waals surface area (Å²) in [5, 5.41) is 13.7. The maximum atomic E-state index is 10.7. The fourth-order valence-electron chi connectivity index (χ4n) is 1.52. The first-order chi connectivity index (χ1) is 9.47. The molecule has 5 nitrogen and oxygen atoms in total. The molecule has 1 heterocycles. The molecule has 0 bridgehead atoms. The normalized spacial score (nSPS) is 10.8. The smallest absolute Gasteiger partial charge is 0.273 e. The lowest BCUT2D eigenvalue weighted by atomic mass is 10.2. The van der Waals surface area contributed by atoms with Crippen LogP contribution in [0.1, 0.15) is 30.5 Å². The van der Waals surface area contributed by atoms with E-state index in [-0.39, 0.29) is 5.69 Å². The predicted octanol–water partition coefficient (Wildman–Crippen LogP) is 4.52. The highest BCUT2D eigenvalue weighted by Crippen LogP contribution is 2.30. The molecule has 0 saturated carbocycles. The first kappa shape index (κ1) is 14.9. The molecule has 0 atom stereocenters. The molecule has 0 unspecified atom stereocenters. The molecule has 20 heavy (non-hydrogen) atoms. The Morgan fingerprint density at radius 1 is 1.50 bits per heavy atom. The molecule has 2 rings (SSSR count). The minimum Gasteiger partial charge on any atom is -0.486 e. The third-order valence-corrected chi connectivity index (χ3v) is 4.41. The van der Waals surface area contributed by atoms with Gasteiger partial charge in [-0.15, -0.1) is 11.3 Å². The van der Waals surface area contributed by atoms with Crippen molar-refractivity contribution in [2.45, 2.75) is 26.4 Å². The van der Waals surface area contributed by atoms with Crippen LogP contribution in [-0.2, 0) is 6.61 Å². The average molecular weight is 357 g/mol. The lowest BCUT2D eigenvalue weighted by Crippen LogP contribution is -1.98. The number of benzene rings is 1. The van der Waals surface area contributed by atoms with E-state index >= 15 is 0 Å². The number of hydrogen-bond acceptors (Lipinski definition) is 5. The Hall–Kier alpha value is -1.47. The number of nitrogens with zero attached hydrogens (tertiary/aromatic N) is 2. The van der Waals surface area contributed by atoms with E-state index in [1.165, 1.54) is 12.1 Å². The third kappa shape index (κ3) is 3.55. The van der Waals surface area contributed by atoms with Gasteiger partial charge in [0.05, 0.1) is 26.2 Å². The monoisotopic (exact) mass is 356 g/mol. The van der Waals surface area contributed by atoms with Gasteiger partial charge in [0.1, 0.15) is 12.4 Å². The Morgan fingerprint density at radius 2 is 2.25 bits per heavy atom. The number of nitro groups is 1. The molecule has 0 aliphatic heterocycles. The van der Waals surface area contributed by atoms with Crippen LogP contribution < -0.4 is 4.74 Å². The van der Waals surface area contributed by atoms with Crippen molar-refractivity contribution in [1.29, 1.82) is 0 Å². The standard InChI is InChI=1S/C13H13BrN2O3S/c1-8(2)13-15-9(7-20-13)6-19-12-5-10(16(17)18)3-4-11(12)14/h3-5,7-8H,6H2,1-2H3. The molecule has 0 fully saturated rings. The molecule has 1 aromatic heterocycles. The molecular weight excluding hydrogens is 344 g/mol. The highest BCUT2D eigenvalue weighted by molar-refractivity contribution is 9.10. The van der Waals surface area contributed by atoms with E-state index in [2.05, 4.69) is 34.8 Å². The van der Waals surface area contributed by atoms with Gasteiger partial charge in [-0.1, -0.05) is 13.8 Å². The molecule has 0 saturated heterocycles. The number of non-ortho nitro benzene ring substituents is 1. The van der Waals surface area contributed by atoms with Crippen molar-refractivity contribution in [2.75, 3.05) is 0 Å². The van der Waals surface area contributed by atoms with Gasteiger partial charge in [0.25, 0.3) is 5.69 Å². The van der Waals surface area contributed by atoms with Gasteiger partial charge in [0.2, 0.25) is 0 Å². The summed E-state index contributed by atoms with van der Waals surface area (Å²) in [6, 6.07) is 4.44. The van der Waals surface area contributed by atoms with Gasteiger partial charge in [-0.3, -0.25) is 10.1 Å². The topological polar surface area (TPSA) is 65.3 Å². The van der Waals surface area contributed by atoms with E-state index in [9.17, 15) is 10.1 Å². The lowest BCUT2D eigenvalue weighted by molar-refractivity contribution is -0.385. The summed E-state index contributed by atoms with van der Waals surface area (Å²) in [6.07, 6.45) is 0. The highest BCUT2D eigenvalue weighted by atomic mass is 79.9. The maximum Gasteiger partial charge on any atom is 0.273 e. The Morgan fingerprint density at radius 3 is 2.85 bits per heavy atom. The van der Waals surface area contributed by atoms with Crippen LogP contribution in [0.5, 0.6) is 5.75 Å². The first-order valence-electron chi connectivity index (χ1n) is 5.98. The predicted molar refractivity (Wildman–Crippen MR) is 81.3 cm³/mol. The summed E-state index contributed by atoms with van der Waals surface area (Å²) in [5.41, 5.74) is 0.835. The van der Waals surface area contributed by atoms with Crippen LogP contribution in [0.15, 0.2) is 28.1 Å². The molecule has 0 aliphatic rings. The van der Waals surface area contributed by atoms with E-state index in [0.29, 0.717) is 22.7 Å². The molecule has 0 radical (unpaired) electrons. The second-order valence-corrected chi connectivity index (χ2v) is 6.24. The fraction of sp³-hybridized carbons (Fsp3) is 0.308. The summed E-state index contributed by atoms with van der Waals surface area (Å²) in [7, 11) is 0. The van der Waals surface area contributed by atoms with Gasteiger partial charge in [-0.25, -0.2) is 4.98 Å². The van der Waals surface area contributed by atoms with Gasteiger partial charge in [0.15, 0.2) is 0 Å². The maximum absolute atomic E-state index is 10.7. The zero-order valence-corrected chi connectivity index (χ0v) is 13.4. The van der Waals surface area contributed by atoms with Gasteiger partial charge in [0, 0.05) is 17.4 Å². The average Bonchev–Trinajstić information content (AvgIpc) is 2.86. The first-order valence-corrected chi connectivity index (χ1v) is 7.65. The highest BCUT2D eigenvalue weighted by Gasteiger charge is 2.12. The van der Waals surface area contributed by atoms with Gasteiger partial charge in [-0.05, 0) is 22.0 Å². The second-order valence-electron chi connectivity index (χ2n) is 4.49. The largest absolute Gasteiger partial charge is 0.486 e. The SMILES string of the molecule is CC(C)c1nc(COc2cc([N+](=O)[O-])ccc2Br)cs1. The van der Waals surface area contributed by atoms with Crippen molar-refractivity contribution >= 4 is 33.0 Å². The zero-order chi connectivity index (χ0) is 14.7. The van der Waals surface area contributed by atoms with Crippen molar-refractivity contribution in [3.05, 3.63) is 48.9 Å². The number of ether oxygens (including phenoxy) is 1. The van der Waals surface area contributed by atoms with Crippen LogP contribution in [0.25, 0.3) is 0 Å². The third-order valence-electron chi connectivity index (χ3n) is 2.56. The van der Waals surface area contributed by atoms with Crippen LogP contribution in [-0.4, -0.2) is 9.91 Å². The molecule has 0 aliphatic carbocycles. The summed E-state index contributed by atoms with van der Waals surface area (Å²) in [4.78, 5) is 14.8. The number of halogens is 1. The van der Waals surface area contributed by atoms with Gasteiger partial charge in [-0.2, -0.15) is 0 Å². The Kier molecular flexibility index (Phi) is 4.72. The minimum atomic E-state index is -0.445. The molecule has 106 valence electrons. The van der Waals surface area contributed by atoms with Crippen LogP contribution in [0.3, 0.4) is 0 Å². The summed E-state index contributed by atoms with van der Waals surface area (Å²) >= 11 is 4.91. The van der Waals surface area contributed by atoms with Crippen LogP contribution in [0.2, 0.25) is 0 Å². The van der Waals surface area contributed by atoms with Crippen molar-refractivity contribution in [1.82, 2.24) is 4.98 Å². The number of rotatable bonds is 5. The summed E-state index contributed by atoms with van der Waals surface area (Å²) in [5.74, 6) is 0.830. The van der Waals surface area contributed by atoms with Crippen molar-refractivity contribution in [2.24, 2.45) is 0 Å². The van der Waals surface area contributed by atoms with Crippen LogP contribution in [0, 0.1) is 10.1 Å². The Labute approximate surface area is 128 Å². The van der Waals surface area contributed by atoms with Crippen molar-refractivity contribution in [3.8, 4) is 5.75 Å². The number of aromatic nitrogens is 1. The van der Waals surface area contributed by atoms with E-state index in [1.807, 2.05) is 5.38 Å². The van der Waals surface area contributed by atoms with E-state index < -0.39 is 4.92 Å². The van der Waals surface area contributed by atoms with Gasteiger partial charge < -0.3 is 4.74 Å². The van der Waals surface area contributed by atoms with E-state index in [4.69, 9.17) is 4.74 Å². The molecule has 1 aromatic carbocycles. The molecule has 2 aromatic rings. The summed E-state index contributed by atoms with van der Waals surface area (Å²) in [6.45, 7) is 4.46. The zero-order valence-electron chi connectivity index (χ0n) is 11.0. The number of thiazole rings is 1. The number of hydrogen-bond donors (Lipinski definition) is 0. The van der Waals surface area contributed by atoms with Gasteiger partial charge >= 0.3 is 0 Å². The lowest BCUT2D eigenvalue weighted by Gasteiger charge is -2.06. The van der Waals surface area contributed by atoms with Crippen LogP contribution in [0.4, 0.5) is 5.69 Å².